The topological polar surface area (TPSA) is 102 Å². The molecule has 4 N–H and O–H groups in total. The van der Waals surface area contributed by atoms with Gasteiger partial charge in [0.15, 0.2) is 0 Å². The van der Waals surface area contributed by atoms with E-state index in [1.807, 2.05) is 0 Å². The number of methoxy groups -OCH3 is 1. The number of hydrogen-bond donors (Lipinski definition) is 3. The zero-order chi connectivity index (χ0) is 13.7. The number of benzene rings is 1. The number of anilines is 1. The Bertz CT molecular complexity index is 457. The van der Waals surface area contributed by atoms with Crippen LogP contribution in [0.3, 0.4) is 0 Å². The van der Waals surface area contributed by atoms with E-state index in [9.17, 15) is 9.59 Å². The van der Waals surface area contributed by atoms with Crippen LogP contribution in [0.2, 0.25) is 0 Å². The summed E-state index contributed by atoms with van der Waals surface area (Å²) in [6.45, 7) is 1.70. The molecule has 6 heteroatoms. The van der Waals surface area contributed by atoms with Crippen LogP contribution in [0, 0.1) is 0 Å². The van der Waals surface area contributed by atoms with Gasteiger partial charge in [0.05, 0.1) is 18.4 Å². The summed E-state index contributed by atoms with van der Waals surface area (Å²) in [5.41, 5.74) is 5.71. The molecule has 1 amide bonds. The summed E-state index contributed by atoms with van der Waals surface area (Å²) in [6.07, 6.45) is 0.121. The maximum absolute atomic E-state index is 11.6. The molecule has 1 unspecified atom stereocenters. The number of carboxylic acid groups (broad SMARTS) is 1. The maximum Gasteiger partial charge on any atom is 0.337 e. The molecule has 1 aromatic rings. The Morgan fingerprint density at radius 2 is 2.17 bits per heavy atom. The Balaban J connectivity index is 2.97. The van der Waals surface area contributed by atoms with Gasteiger partial charge in [-0.2, -0.15) is 0 Å². The Kier molecular flexibility index (Phi) is 4.67. The van der Waals surface area contributed by atoms with E-state index in [0.717, 1.165) is 0 Å². The van der Waals surface area contributed by atoms with Crippen molar-refractivity contribution in [2.24, 2.45) is 5.73 Å². The molecule has 0 aliphatic carbocycles. The van der Waals surface area contributed by atoms with Crippen LogP contribution in [0.4, 0.5) is 5.69 Å². The fourth-order valence-corrected chi connectivity index (χ4v) is 1.43. The van der Waals surface area contributed by atoms with Gasteiger partial charge >= 0.3 is 5.97 Å². The van der Waals surface area contributed by atoms with Gasteiger partial charge in [0.1, 0.15) is 5.75 Å². The van der Waals surface area contributed by atoms with Crippen molar-refractivity contribution in [1.82, 2.24) is 0 Å². The van der Waals surface area contributed by atoms with Crippen LogP contribution in [0.25, 0.3) is 0 Å². The summed E-state index contributed by atoms with van der Waals surface area (Å²) in [5.74, 6) is -0.981. The first kappa shape index (κ1) is 14.0. The highest BCUT2D eigenvalue weighted by Gasteiger charge is 2.14. The molecular formula is C12H16N2O4. The molecule has 0 saturated heterocycles. The molecule has 1 aromatic carbocycles. The zero-order valence-electron chi connectivity index (χ0n) is 10.3. The molecule has 6 nitrogen and oxygen atoms in total. The van der Waals surface area contributed by atoms with Crippen molar-refractivity contribution < 1.29 is 19.4 Å². The van der Waals surface area contributed by atoms with Gasteiger partial charge in [-0.05, 0) is 19.1 Å². The minimum absolute atomic E-state index is 0.00817. The predicted octanol–water partition coefficient (Wildman–Crippen LogP) is 1.07. The number of carboxylic acids is 1. The van der Waals surface area contributed by atoms with Gasteiger partial charge in [0, 0.05) is 18.5 Å². The van der Waals surface area contributed by atoms with Gasteiger partial charge in [-0.3, -0.25) is 4.79 Å². The summed E-state index contributed by atoms with van der Waals surface area (Å²) in [4.78, 5) is 22.6. The molecule has 0 fully saturated rings. The largest absolute Gasteiger partial charge is 0.497 e. The van der Waals surface area contributed by atoms with Crippen LogP contribution in [0.1, 0.15) is 23.7 Å². The molecule has 1 atom stereocenters. The third kappa shape index (κ3) is 3.74. The summed E-state index contributed by atoms with van der Waals surface area (Å²) in [7, 11) is 1.46. The number of carbonyl (C=O) groups is 2. The molecular weight excluding hydrogens is 236 g/mol. The lowest BCUT2D eigenvalue weighted by atomic mass is 10.1. The second-order valence-corrected chi connectivity index (χ2v) is 3.95. The summed E-state index contributed by atoms with van der Waals surface area (Å²) in [5, 5.41) is 11.5. The molecule has 98 valence electrons. The van der Waals surface area contributed by atoms with E-state index in [4.69, 9.17) is 15.6 Å². The lowest BCUT2D eigenvalue weighted by Crippen LogP contribution is -2.24. The maximum atomic E-state index is 11.6. The smallest absolute Gasteiger partial charge is 0.337 e. The van der Waals surface area contributed by atoms with Crippen molar-refractivity contribution in [2.45, 2.75) is 19.4 Å². The number of nitrogens with two attached hydrogens (primary N) is 1. The van der Waals surface area contributed by atoms with Gasteiger partial charge in [0.2, 0.25) is 5.91 Å². The van der Waals surface area contributed by atoms with Crippen LogP contribution in [-0.4, -0.2) is 30.1 Å². The lowest BCUT2D eigenvalue weighted by Gasteiger charge is -2.11. The normalized spacial score (nSPS) is 11.7. The zero-order valence-corrected chi connectivity index (χ0v) is 10.3. The first-order valence-electron chi connectivity index (χ1n) is 5.40. The number of rotatable bonds is 5. The number of nitrogens with one attached hydrogen (secondary N) is 1. The molecule has 0 spiro atoms. The van der Waals surface area contributed by atoms with Crippen molar-refractivity contribution >= 4 is 17.6 Å². The van der Waals surface area contributed by atoms with E-state index >= 15 is 0 Å². The van der Waals surface area contributed by atoms with E-state index < -0.39 is 5.97 Å². The minimum atomic E-state index is -1.12. The Morgan fingerprint density at radius 3 is 2.67 bits per heavy atom. The highest BCUT2D eigenvalue weighted by Crippen LogP contribution is 2.22. The number of amides is 1. The first-order chi connectivity index (χ1) is 8.43. The van der Waals surface area contributed by atoms with Crippen LogP contribution < -0.4 is 15.8 Å². The highest BCUT2D eigenvalue weighted by atomic mass is 16.5. The SMILES string of the molecule is COc1ccc(C(=O)O)c(NC(=O)CC(C)N)c1. The first-order valence-corrected chi connectivity index (χ1v) is 5.40. The highest BCUT2D eigenvalue weighted by molar-refractivity contribution is 6.00. The van der Waals surface area contributed by atoms with Crippen molar-refractivity contribution in [1.29, 1.82) is 0 Å². The van der Waals surface area contributed by atoms with Crippen LogP contribution in [-0.2, 0) is 4.79 Å². The van der Waals surface area contributed by atoms with E-state index in [0.29, 0.717) is 5.75 Å². The lowest BCUT2D eigenvalue weighted by molar-refractivity contribution is -0.116. The second kappa shape index (κ2) is 6.02. The molecule has 18 heavy (non-hydrogen) atoms. The summed E-state index contributed by atoms with van der Waals surface area (Å²) in [6, 6.07) is 4.07. The minimum Gasteiger partial charge on any atom is -0.497 e. The van der Waals surface area contributed by atoms with E-state index in [1.54, 1.807) is 6.92 Å². The van der Waals surface area contributed by atoms with Gasteiger partial charge in [-0.1, -0.05) is 0 Å². The number of aromatic carboxylic acids is 1. The number of ether oxygens (including phenoxy) is 1. The Hall–Kier alpha value is -2.08. The second-order valence-electron chi connectivity index (χ2n) is 3.95. The summed E-state index contributed by atoms with van der Waals surface area (Å²) < 4.78 is 4.98. The van der Waals surface area contributed by atoms with Crippen molar-refractivity contribution in [3.05, 3.63) is 23.8 Å². The molecule has 0 aliphatic rings. The average Bonchev–Trinajstić information content (AvgIpc) is 2.27. The van der Waals surface area contributed by atoms with Crippen LogP contribution in [0.15, 0.2) is 18.2 Å². The van der Waals surface area contributed by atoms with E-state index in [2.05, 4.69) is 5.32 Å². The Morgan fingerprint density at radius 1 is 1.50 bits per heavy atom. The number of carbonyl (C=O) groups excluding carboxylic acids is 1. The van der Waals surface area contributed by atoms with Crippen LogP contribution in [0.5, 0.6) is 5.75 Å². The molecule has 0 aromatic heterocycles. The fraction of sp³-hybridized carbons (Fsp3) is 0.333. The third-order valence-electron chi connectivity index (χ3n) is 2.24. The average molecular weight is 252 g/mol. The van der Waals surface area contributed by atoms with E-state index in [1.165, 1.54) is 25.3 Å². The molecule has 0 heterocycles. The predicted molar refractivity (Wildman–Crippen MR) is 66.8 cm³/mol. The van der Waals surface area contributed by atoms with Crippen molar-refractivity contribution in [3.8, 4) is 5.75 Å². The molecule has 0 radical (unpaired) electrons. The van der Waals surface area contributed by atoms with Gasteiger partial charge < -0.3 is 20.9 Å². The summed E-state index contributed by atoms with van der Waals surface area (Å²) >= 11 is 0. The van der Waals surface area contributed by atoms with Crippen molar-refractivity contribution in [2.75, 3.05) is 12.4 Å². The Labute approximate surface area is 105 Å². The molecule has 1 rings (SSSR count). The van der Waals surface area contributed by atoms with Crippen molar-refractivity contribution in [3.63, 3.8) is 0 Å². The molecule has 0 bridgehead atoms. The van der Waals surface area contributed by atoms with Gasteiger partial charge in [0.25, 0.3) is 0 Å². The monoisotopic (exact) mass is 252 g/mol. The van der Waals surface area contributed by atoms with E-state index in [-0.39, 0.29) is 29.6 Å². The molecule has 0 saturated carbocycles. The number of hydrogen-bond acceptors (Lipinski definition) is 4. The quantitative estimate of drug-likeness (QED) is 0.727. The van der Waals surface area contributed by atoms with Gasteiger partial charge in [-0.15, -0.1) is 0 Å². The van der Waals surface area contributed by atoms with Gasteiger partial charge in [-0.25, -0.2) is 4.79 Å². The third-order valence-corrected chi connectivity index (χ3v) is 2.24. The molecule has 0 aliphatic heterocycles. The standard InChI is InChI=1S/C12H16N2O4/c1-7(13)5-11(15)14-10-6-8(18-2)3-4-9(10)12(16)17/h3-4,6-7H,5,13H2,1-2H3,(H,14,15)(H,16,17). The van der Waals surface area contributed by atoms with Crippen LogP contribution >= 0.6 is 0 Å². The fourth-order valence-electron chi connectivity index (χ4n) is 1.43.